The summed E-state index contributed by atoms with van der Waals surface area (Å²) in [6.45, 7) is 2.40. The molecule has 0 saturated heterocycles. The van der Waals surface area contributed by atoms with Gasteiger partial charge in [0.15, 0.2) is 0 Å². The number of nitrogens with one attached hydrogen (secondary N) is 1. The van der Waals surface area contributed by atoms with Crippen molar-refractivity contribution in [2.75, 3.05) is 32.7 Å². The maximum Gasteiger partial charge on any atom is 0.413 e. The summed E-state index contributed by atoms with van der Waals surface area (Å²) in [7, 11) is -4.12. The van der Waals surface area contributed by atoms with E-state index >= 15 is 0 Å². The molecule has 0 spiro atoms. The lowest BCUT2D eigenvalue weighted by Gasteiger charge is -2.22. The minimum Gasteiger partial charge on any atom is -0.465 e. The van der Waals surface area contributed by atoms with Gasteiger partial charge in [-0.15, -0.1) is 0 Å². The Morgan fingerprint density at radius 2 is 1.82 bits per heavy atom. The fourth-order valence-corrected chi connectivity index (χ4v) is 6.36. The van der Waals surface area contributed by atoms with Crippen molar-refractivity contribution in [2.24, 2.45) is 10.7 Å². The van der Waals surface area contributed by atoms with Crippen LogP contribution in [0.3, 0.4) is 0 Å². The van der Waals surface area contributed by atoms with Crippen LogP contribution in [0.1, 0.15) is 36.0 Å². The van der Waals surface area contributed by atoms with Gasteiger partial charge >= 0.3 is 6.09 Å². The highest BCUT2D eigenvalue weighted by molar-refractivity contribution is 7.89. The van der Waals surface area contributed by atoms with Crippen molar-refractivity contribution in [1.29, 1.82) is 0 Å². The third-order valence-corrected chi connectivity index (χ3v) is 9.18. The van der Waals surface area contributed by atoms with Gasteiger partial charge in [0.1, 0.15) is 16.5 Å². The molecule has 0 atom stereocenters. The second-order valence-electron chi connectivity index (χ2n) is 9.23. The van der Waals surface area contributed by atoms with E-state index < -0.39 is 28.6 Å². The number of halogens is 2. The molecule has 0 saturated carbocycles. The number of Topliss-reactive ketones (excluding diaryl/α,β-unsaturated/α-hetero) is 1. The van der Waals surface area contributed by atoms with Crippen molar-refractivity contribution in [3.63, 3.8) is 0 Å². The normalized spacial score (nSPS) is 13.5. The number of carboxylic acid groups (broad SMARTS) is 1. The molecule has 4 N–H and O–H groups in total. The van der Waals surface area contributed by atoms with E-state index in [4.69, 9.17) is 28.9 Å². The van der Waals surface area contributed by atoms with Gasteiger partial charge in [0.25, 0.3) is 0 Å². The van der Waals surface area contributed by atoms with Crippen molar-refractivity contribution < 1.29 is 27.9 Å². The number of hydrogen-bond donors (Lipinski definition) is 3. The summed E-state index contributed by atoms with van der Waals surface area (Å²) in [6, 6.07) is 9.99. The fraction of sp³-hybridized carbons (Fsp3) is 0.385. The second-order valence-corrected chi connectivity index (χ2v) is 11.9. The zero-order valence-corrected chi connectivity index (χ0v) is 24.2. The highest BCUT2D eigenvalue weighted by Gasteiger charge is 2.29. The van der Waals surface area contributed by atoms with Crippen LogP contribution in [-0.2, 0) is 26.2 Å². The lowest BCUT2D eigenvalue weighted by molar-refractivity contribution is -0.119. The quantitative estimate of drug-likeness (QED) is 0.276. The molecular weight excluding hydrogens is 581 g/mol. The fourth-order valence-electron chi connectivity index (χ4n) is 4.13. The smallest absolute Gasteiger partial charge is 0.413 e. The van der Waals surface area contributed by atoms with Gasteiger partial charge in [-0.25, -0.2) is 13.2 Å². The van der Waals surface area contributed by atoms with Crippen molar-refractivity contribution >= 4 is 56.8 Å². The average molecular weight is 613 g/mol. The minimum atomic E-state index is -4.12. The molecule has 0 aromatic heterocycles. The standard InChI is InChI=1S/C26H31Cl2N5O6S/c1-17-21(27)9-10-22(24(17)28)40(38,39)32(16-23(29)35)12-3-2-4-20(34)15-30-14-18-5-7-19(8-6-18)25-31-11-13-33(25)26(36)37/h5-10,30H,2-4,11-16H2,1H3,(H2,29,35)(H,36,37). The number of ketones is 1. The van der Waals surface area contributed by atoms with E-state index in [9.17, 15) is 27.9 Å². The number of hydrogen-bond acceptors (Lipinski definition) is 7. The first-order chi connectivity index (χ1) is 18.9. The molecule has 3 rings (SSSR count). The Balaban J connectivity index is 1.46. The van der Waals surface area contributed by atoms with E-state index in [0.29, 0.717) is 54.5 Å². The zero-order valence-electron chi connectivity index (χ0n) is 21.9. The molecular formula is C26H31Cl2N5O6S. The number of unbranched alkanes of at least 4 members (excludes halogenated alkanes) is 1. The van der Waals surface area contributed by atoms with Gasteiger partial charge in [-0.3, -0.25) is 19.5 Å². The van der Waals surface area contributed by atoms with Crippen molar-refractivity contribution in [3.8, 4) is 0 Å². The van der Waals surface area contributed by atoms with Gasteiger partial charge in [0.2, 0.25) is 15.9 Å². The number of amides is 2. The highest BCUT2D eigenvalue weighted by atomic mass is 35.5. The number of benzene rings is 2. The topological polar surface area (TPSA) is 162 Å². The Morgan fingerprint density at radius 3 is 2.48 bits per heavy atom. The number of carbonyl (C=O) groups excluding carboxylic acids is 2. The molecule has 0 fully saturated rings. The predicted molar refractivity (Wildman–Crippen MR) is 152 cm³/mol. The SMILES string of the molecule is Cc1c(Cl)ccc(S(=O)(=O)N(CCCCC(=O)CNCc2ccc(C3=NCCN3C(=O)O)cc2)CC(N)=O)c1Cl. The first-order valence-corrected chi connectivity index (χ1v) is 14.7. The largest absolute Gasteiger partial charge is 0.465 e. The van der Waals surface area contributed by atoms with E-state index in [1.165, 1.54) is 17.0 Å². The van der Waals surface area contributed by atoms with Crippen LogP contribution in [0.4, 0.5) is 4.79 Å². The van der Waals surface area contributed by atoms with Gasteiger partial charge in [-0.05, 0) is 43.0 Å². The summed E-state index contributed by atoms with van der Waals surface area (Å²) in [6.07, 6.45) is -0.0672. The van der Waals surface area contributed by atoms with Gasteiger partial charge in [-0.2, -0.15) is 4.31 Å². The Hall–Kier alpha value is -3.03. The number of rotatable bonds is 14. The second kappa shape index (κ2) is 14.0. The van der Waals surface area contributed by atoms with Crippen LogP contribution in [0.5, 0.6) is 0 Å². The molecule has 11 nitrogen and oxygen atoms in total. The maximum absolute atomic E-state index is 13.2. The summed E-state index contributed by atoms with van der Waals surface area (Å²) in [5.41, 5.74) is 7.31. The van der Waals surface area contributed by atoms with Gasteiger partial charge < -0.3 is 16.2 Å². The summed E-state index contributed by atoms with van der Waals surface area (Å²) in [4.78, 5) is 40.5. The molecule has 2 amide bonds. The molecule has 2 aromatic carbocycles. The van der Waals surface area contributed by atoms with Crippen LogP contribution in [0, 0.1) is 6.92 Å². The third kappa shape index (κ3) is 8.01. The molecule has 0 radical (unpaired) electrons. The molecule has 1 aliphatic heterocycles. The highest BCUT2D eigenvalue weighted by Crippen LogP contribution is 2.32. The predicted octanol–water partition coefficient (Wildman–Crippen LogP) is 3.05. The summed E-state index contributed by atoms with van der Waals surface area (Å²) in [5, 5.41) is 12.6. The van der Waals surface area contributed by atoms with Gasteiger partial charge in [0.05, 0.1) is 31.2 Å². The van der Waals surface area contributed by atoms with Crippen molar-refractivity contribution in [3.05, 3.63) is 63.1 Å². The van der Waals surface area contributed by atoms with E-state index in [1.807, 2.05) is 12.1 Å². The molecule has 1 aliphatic rings. The molecule has 1 heterocycles. The monoisotopic (exact) mass is 611 g/mol. The van der Waals surface area contributed by atoms with Crippen LogP contribution in [0.25, 0.3) is 0 Å². The van der Waals surface area contributed by atoms with Crippen molar-refractivity contribution in [2.45, 2.75) is 37.6 Å². The Bertz CT molecular complexity index is 1400. The molecule has 14 heteroatoms. The Kier molecular flexibility index (Phi) is 11.1. The van der Waals surface area contributed by atoms with Crippen LogP contribution >= 0.6 is 23.2 Å². The van der Waals surface area contributed by atoms with E-state index in [0.717, 1.165) is 9.87 Å². The number of nitrogens with zero attached hydrogens (tertiary/aromatic N) is 3. The molecule has 2 aromatic rings. The van der Waals surface area contributed by atoms with Crippen LogP contribution in [0.15, 0.2) is 46.3 Å². The summed E-state index contributed by atoms with van der Waals surface area (Å²) < 4.78 is 27.3. The number of nitrogens with two attached hydrogens (primary N) is 1. The average Bonchev–Trinajstić information content (AvgIpc) is 3.39. The lowest BCUT2D eigenvalue weighted by atomic mass is 10.1. The Morgan fingerprint density at radius 1 is 1.12 bits per heavy atom. The lowest BCUT2D eigenvalue weighted by Crippen LogP contribution is -2.39. The number of aliphatic imine (C=N–C) groups is 1. The summed E-state index contributed by atoms with van der Waals surface area (Å²) in [5.74, 6) is -0.431. The van der Waals surface area contributed by atoms with Crippen LogP contribution < -0.4 is 11.1 Å². The van der Waals surface area contributed by atoms with Gasteiger partial charge in [0, 0.05) is 30.1 Å². The number of sulfonamides is 1. The van der Waals surface area contributed by atoms with E-state index in [2.05, 4.69) is 10.3 Å². The first-order valence-electron chi connectivity index (χ1n) is 12.5. The minimum absolute atomic E-state index is 0.0130. The molecule has 40 heavy (non-hydrogen) atoms. The first kappa shape index (κ1) is 31.5. The maximum atomic E-state index is 13.2. The molecule has 216 valence electrons. The zero-order chi connectivity index (χ0) is 29.4. The third-order valence-electron chi connectivity index (χ3n) is 6.28. The Labute approximate surface area is 243 Å². The van der Waals surface area contributed by atoms with E-state index in [1.54, 1.807) is 19.1 Å². The van der Waals surface area contributed by atoms with Crippen LogP contribution in [0.2, 0.25) is 10.0 Å². The number of amidine groups is 1. The molecule has 0 bridgehead atoms. The molecule has 0 unspecified atom stereocenters. The number of carbonyl (C=O) groups is 3. The van der Waals surface area contributed by atoms with Gasteiger partial charge in [-0.1, -0.05) is 47.5 Å². The summed E-state index contributed by atoms with van der Waals surface area (Å²) >= 11 is 12.2. The molecule has 0 aliphatic carbocycles. The van der Waals surface area contributed by atoms with Crippen molar-refractivity contribution in [1.82, 2.24) is 14.5 Å². The van der Waals surface area contributed by atoms with Crippen LogP contribution in [-0.4, -0.2) is 79.1 Å². The van der Waals surface area contributed by atoms with E-state index in [-0.39, 0.29) is 35.2 Å². The number of primary amides is 1.